The normalized spacial score (nSPS) is 12.0. The zero-order valence-electron chi connectivity index (χ0n) is 10.7. The van der Waals surface area contributed by atoms with Crippen LogP contribution in [0.4, 0.5) is 4.39 Å². The molecule has 1 atom stereocenters. The monoisotopic (exact) mass is 272 g/mol. The molecule has 0 aliphatic heterocycles. The zero-order valence-corrected chi connectivity index (χ0v) is 11.6. The van der Waals surface area contributed by atoms with E-state index in [-0.39, 0.29) is 22.8 Å². The molecule has 0 bridgehead atoms. The van der Waals surface area contributed by atoms with Crippen LogP contribution in [0.2, 0.25) is 0 Å². The van der Waals surface area contributed by atoms with Crippen LogP contribution in [-0.2, 0) is 15.3 Å². The SMILES string of the molecule is COC(=O)CC(C)SCc1cccc(OC)c1F. The first-order valence-electron chi connectivity index (χ1n) is 5.58. The molecular weight excluding hydrogens is 255 g/mol. The standard InChI is InChI=1S/C13H17FO3S/c1-9(7-12(15)17-3)18-8-10-5-4-6-11(16-2)13(10)14/h4-6,9H,7-8H2,1-3H3. The summed E-state index contributed by atoms with van der Waals surface area (Å²) in [4.78, 5) is 11.1. The number of methoxy groups -OCH3 is 2. The van der Waals surface area contributed by atoms with Gasteiger partial charge in [0.15, 0.2) is 11.6 Å². The van der Waals surface area contributed by atoms with Gasteiger partial charge in [-0.25, -0.2) is 4.39 Å². The Morgan fingerprint density at radius 2 is 2.17 bits per heavy atom. The minimum absolute atomic E-state index is 0.0862. The van der Waals surface area contributed by atoms with Gasteiger partial charge in [-0.05, 0) is 6.07 Å². The van der Waals surface area contributed by atoms with E-state index in [4.69, 9.17) is 4.74 Å². The number of benzene rings is 1. The molecule has 0 saturated carbocycles. The highest BCUT2D eigenvalue weighted by molar-refractivity contribution is 7.99. The number of rotatable bonds is 6. The molecule has 5 heteroatoms. The van der Waals surface area contributed by atoms with Gasteiger partial charge in [0.05, 0.1) is 20.6 Å². The van der Waals surface area contributed by atoms with E-state index in [1.54, 1.807) is 18.2 Å². The van der Waals surface area contributed by atoms with Crippen molar-refractivity contribution >= 4 is 17.7 Å². The van der Waals surface area contributed by atoms with Crippen molar-refractivity contribution in [2.45, 2.75) is 24.3 Å². The number of ether oxygens (including phenoxy) is 2. The summed E-state index contributed by atoms with van der Waals surface area (Å²) in [5.74, 6) is 0.161. The molecule has 0 radical (unpaired) electrons. The van der Waals surface area contributed by atoms with E-state index >= 15 is 0 Å². The summed E-state index contributed by atoms with van der Waals surface area (Å²) in [6, 6.07) is 5.06. The van der Waals surface area contributed by atoms with E-state index in [1.807, 2.05) is 6.92 Å². The van der Waals surface area contributed by atoms with Gasteiger partial charge in [0, 0.05) is 16.6 Å². The van der Waals surface area contributed by atoms with Crippen LogP contribution in [0.1, 0.15) is 18.9 Å². The van der Waals surface area contributed by atoms with Gasteiger partial charge < -0.3 is 9.47 Å². The van der Waals surface area contributed by atoms with Gasteiger partial charge >= 0.3 is 5.97 Å². The van der Waals surface area contributed by atoms with E-state index < -0.39 is 0 Å². The van der Waals surface area contributed by atoms with Crippen LogP contribution in [0.15, 0.2) is 18.2 Å². The van der Waals surface area contributed by atoms with E-state index in [9.17, 15) is 9.18 Å². The average Bonchev–Trinajstić information content (AvgIpc) is 2.37. The number of halogens is 1. The minimum Gasteiger partial charge on any atom is -0.494 e. The number of carbonyl (C=O) groups excluding carboxylic acids is 1. The van der Waals surface area contributed by atoms with Crippen molar-refractivity contribution in [2.75, 3.05) is 14.2 Å². The van der Waals surface area contributed by atoms with Gasteiger partial charge in [0.25, 0.3) is 0 Å². The lowest BCUT2D eigenvalue weighted by Gasteiger charge is -2.11. The molecule has 0 amide bonds. The molecule has 0 saturated heterocycles. The number of hydrogen-bond acceptors (Lipinski definition) is 4. The van der Waals surface area contributed by atoms with E-state index in [2.05, 4.69) is 4.74 Å². The molecule has 1 unspecified atom stereocenters. The predicted octanol–water partition coefficient (Wildman–Crippen LogP) is 3.02. The van der Waals surface area contributed by atoms with Crippen molar-refractivity contribution in [3.05, 3.63) is 29.6 Å². The fourth-order valence-corrected chi connectivity index (χ4v) is 2.38. The third-order valence-electron chi connectivity index (χ3n) is 2.47. The zero-order chi connectivity index (χ0) is 13.5. The molecule has 0 heterocycles. The lowest BCUT2D eigenvalue weighted by atomic mass is 10.2. The molecule has 3 nitrogen and oxygen atoms in total. The van der Waals surface area contributed by atoms with Crippen molar-refractivity contribution in [3.8, 4) is 5.75 Å². The Labute approximate surface area is 111 Å². The van der Waals surface area contributed by atoms with E-state index in [1.165, 1.54) is 26.0 Å². The Balaban J connectivity index is 2.55. The molecular formula is C13H17FO3S. The highest BCUT2D eigenvalue weighted by Gasteiger charge is 2.13. The molecule has 0 fully saturated rings. The van der Waals surface area contributed by atoms with Crippen molar-refractivity contribution in [1.82, 2.24) is 0 Å². The second-order valence-electron chi connectivity index (χ2n) is 3.84. The fraction of sp³-hybridized carbons (Fsp3) is 0.462. The van der Waals surface area contributed by atoms with Gasteiger partial charge in [-0.1, -0.05) is 19.1 Å². The number of esters is 1. The second kappa shape index (κ2) is 7.26. The minimum atomic E-state index is -0.335. The van der Waals surface area contributed by atoms with Crippen molar-refractivity contribution in [2.24, 2.45) is 0 Å². The Morgan fingerprint density at radius 3 is 2.78 bits per heavy atom. The largest absolute Gasteiger partial charge is 0.494 e. The molecule has 0 aliphatic carbocycles. The number of carbonyl (C=O) groups is 1. The molecule has 100 valence electrons. The summed E-state index contributed by atoms with van der Waals surface area (Å²) in [7, 11) is 2.80. The first kappa shape index (κ1) is 14.8. The van der Waals surface area contributed by atoms with Crippen LogP contribution in [0.25, 0.3) is 0 Å². The Morgan fingerprint density at radius 1 is 1.44 bits per heavy atom. The third kappa shape index (κ3) is 4.22. The van der Waals surface area contributed by atoms with Crippen LogP contribution in [0, 0.1) is 5.82 Å². The van der Waals surface area contributed by atoms with Gasteiger partial charge in [0.1, 0.15) is 0 Å². The topological polar surface area (TPSA) is 35.5 Å². The van der Waals surface area contributed by atoms with Crippen molar-refractivity contribution < 1.29 is 18.7 Å². The summed E-state index contributed by atoms with van der Waals surface area (Å²) in [6.07, 6.45) is 0.326. The fourth-order valence-electron chi connectivity index (χ4n) is 1.43. The maximum Gasteiger partial charge on any atom is 0.306 e. The number of hydrogen-bond donors (Lipinski definition) is 0. The summed E-state index contributed by atoms with van der Waals surface area (Å²) >= 11 is 1.51. The van der Waals surface area contributed by atoms with Gasteiger partial charge in [-0.2, -0.15) is 11.8 Å². The molecule has 1 rings (SSSR count). The smallest absolute Gasteiger partial charge is 0.306 e. The number of thioether (sulfide) groups is 1. The van der Waals surface area contributed by atoms with Crippen LogP contribution in [0.3, 0.4) is 0 Å². The van der Waals surface area contributed by atoms with Gasteiger partial charge in [0.2, 0.25) is 0 Å². The lowest BCUT2D eigenvalue weighted by molar-refractivity contribution is -0.140. The van der Waals surface area contributed by atoms with Gasteiger partial charge in [-0.15, -0.1) is 0 Å². The molecule has 0 aromatic heterocycles. The summed E-state index contributed by atoms with van der Waals surface area (Å²) in [5, 5.41) is 0.0862. The highest BCUT2D eigenvalue weighted by Crippen LogP contribution is 2.26. The Kier molecular flexibility index (Phi) is 5.98. The first-order chi connectivity index (χ1) is 8.58. The third-order valence-corrected chi connectivity index (χ3v) is 3.68. The second-order valence-corrected chi connectivity index (χ2v) is 5.26. The molecule has 1 aromatic rings. The van der Waals surface area contributed by atoms with Crippen LogP contribution >= 0.6 is 11.8 Å². The maximum absolute atomic E-state index is 13.8. The lowest BCUT2D eigenvalue weighted by Crippen LogP contribution is -2.09. The summed E-state index contributed by atoms with van der Waals surface area (Å²) in [6.45, 7) is 1.92. The van der Waals surface area contributed by atoms with E-state index in [0.29, 0.717) is 17.7 Å². The molecule has 18 heavy (non-hydrogen) atoms. The molecule has 1 aromatic carbocycles. The summed E-state index contributed by atoms with van der Waals surface area (Å²) in [5.41, 5.74) is 0.580. The predicted molar refractivity (Wildman–Crippen MR) is 70.3 cm³/mol. The van der Waals surface area contributed by atoms with Crippen LogP contribution in [-0.4, -0.2) is 25.4 Å². The molecule has 0 N–H and O–H groups in total. The van der Waals surface area contributed by atoms with E-state index in [0.717, 1.165) is 0 Å². The van der Waals surface area contributed by atoms with Crippen LogP contribution < -0.4 is 4.74 Å². The molecule has 0 spiro atoms. The van der Waals surface area contributed by atoms with Crippen molar-refractivity contribution in [3.63, 3.8) is 0 Å². The molecule has 0 aliphatic rings. The quantitative estimate of drug-likeness (QED) is 0.746. The van der Waals surface area contributed by atoms with Crippen LogP contribution in [0.5, 0.6) is 5.75 Å². The Bertz CT molecular complexity index is 409. The maximum atomic E-state index is 13.8. The first-order valence-corrected chi connectivity index (χ1v) is 6.63. The highest BCUT2D eigenvalue weighted by atomic mass is 32.2. The Hall–Kier alpha value is -1.23. The average molecular weight is 272 g/mol. The van der Waals surface area contributed by atoms with Crippen molar-refractivity contribution in [1.29, 1.82) is 0 Å². The summed E-state index contributed by atoms with van der Waals surface area (Å²) < 4.78 is 23.3. The van der Waals surface area contributed by atoms with Gasteiger partial charge in [-0.3, -0.25) is 4.79 Å².